The van der Waals surface area contributed by atoms with Crippen LogP contribution in [0.15, 0.2) is 48.0 Å². The van der Waals surface area contributed by atoms with Crippen LogP contribution in [0.5, 0.6) is 5.75 Å². The maximum absolute atomic E-state index is 12.3. The highest BCUT2D eigenvalue weighted by atomic mass is 35.5. The summed E-state index contributed by atoms with van der Waals surface area (Å²) in [6.45, 7) is 0. The molecule has 1 amide bonds. The van der Waals surface area contributed by atoms with E-state index in [0.29, 0.717) is 27.6 Å². The molecule has 1 N–H and O–H groups in total. The van der Waals surface area contributed by atoms with Gasteiger partial charge in [-0.3, -0.25) is 4.79 Å². The van der Waals surface area contributed by atoms with E-state index in [-0.39, 0.29) is 5.57 Å². The van der Waals surface area contributed by atoms with Crippen molar-refractivity contribution in [2.45, 2.75) is 0 Å². The second-order valence-electron chi connectivity index (χ2n) is 5.09. The number of ether oxygens (including phenoxy) is 2. The third-order valence-electron chi connectivity index (χ3n) is 3.42. The van der Waals surface area contributed by atoms with Gasteiger partial charge in [0.15, 0.2) is 0 Å². The largest absolute Gasteiger partial charge is 0.495 e. The molecule has 6 nitrogen and oxygen atoms in total. The Morgan fingerprint density at radius 2 is 1.85 bits per heavy atom. The summed E-state index contributed by atoms with van der Waals surface area (Å²) in [6, 6.07) is 12.9. The van der Waals surface area contributed by atoms with E-state index in [1.807, 2.05) is 6.07 Å². The molecule has 0 saturated carbocycles. The van der Waals surface area contributed by atoms with Gasteiger partial charge in [-0.05, 0) is 42.0 Å². The lowest BCUT2D eigenvalue weighted by atomic mass is 10.1. The molecule has 132 valence electrons. The van der Waals surface area contributed by atoms with Gasteiger partial charge in [-0.2, -0.15) is 5.26 Å². The van der Waals surface area contributed by atoms with Crippen LogP contribution in [0.3, 0.4) is 0 Å². The first-order chi connectivity index (χ1) is 12.5. The fourth-order valence-corrected chi connectivity index (χ4v) is 2.35. The fourth-order valence-electron chi connectivity index (χ4n) is 2.09. The zero-order valence-electron chi connectivity index (χ0n) is 14.1. The number of halogens is 1. The Labute approximate surface area is 155 Å². The molecule has 0 aliphatic heterocycles. The van der Waals surface area contributed by atoms with Gasteiger partial charge in [0, 0.05) is 5.69 Å². The number of carbonyl (C=O) groups is 2. The van der Waals surface area contributed by atoms with Crippen LogP contribution in [0.25, 0.3) is 6.08 Å². The topological polar surface area (TPSA) is 88.4 Å². The first-order valence-corrected chi connectivity index (χ1v) is 7.81. The van der Waals surface area contributed by atoms with Crippen molar-refractivity contribution in [2.75, 3.05) is 19.5 Å². The minimum atomic E-state index is -0.578. The number of rotatable bonds is 5. The summed E-state index contributed by atoms with van der Waals surface area (Å²) in [5, 5.41) is 12.2. The maximum atomic E-state index is 12.3. The van der Waals surface area contributed by atoms with Crippen molar-refractivity contribution >= 4 is 35.2 Å². The molecule has 0 aliphatic rings. The summed E-state index contributed by atoms with van der Waals surface area (Å²) in [5.74, 6) is -0.563. The Morgan fingerprint density at radius 1 is 1.15 bits per heavy atom. The van der Waals surface area contributed by atoms with Gasteiger partial charge in [-0.1, -0.05) is 23.7 Å². The van der Waals surface area contributed by atoms with Crippen LogP contribution in [0, 0.1) is 11.3 Å². The monoisotopic (exact) mass is 370 g/mol. The lowest BCUT2D eigenvalue weighted by molar-refractivity contribution is -0.112. The number of benzene rings is 2. The van der Waals surface area contributed by atoms with E-state index in [1.54, 1.807) is 36.4 Å². The maximum Gasteiger partial charge on any atom is 0.337 e. The van der Waals surface area contributed by atoms with Crippen LogP contribution >= 0.6 is 11.6 Å². The zero-order valence-corrected chi connectivity index (χ0v) is 14.8. The lowest BCUT2D eigenvalue weighted by Crippen LogP contribution is -2.13. The summed E-state index contributed by atoms with van der Waals surface area (Å²) in [5.41, 5.74) is 1.31. The van der Waals surface area contributed by atoms with Crippen molar-refractivity contribution in [3.8, 4) is 11.8 Å². The molecule has 26 heavy (non-hydrogen) atoms. The van der Waals surface area contributed by atoms with Crippen molar-refractivity contribution in [2.24, 2.45) is 0 Å². The Kier molecular flexibility index (Phi) is 6.36. The molecule has 2 aromatic rings. The highest BCUT2D eigenvalue weighted by molar-refractivity contribution is 6.32. The van der Waals surface area contributed by atoms with Gasteiger partial charge in [-0.15, -0.1) is 0 Å². The average Bonchev–Trinajstić information content (AvgIpc) is 2.66. The van der Waals surface area contributed by atoms with Crippen LogP contribution in [0.2, 0.25) is 5.02 Å². The van der Waals surface area contributed by atoms with Crippen LogP contribution in [-0.2, 0) is 9.53 Å². The highest BCUT2D eigenvalue weighted by Gasteiger charge is 2.11. The number of anilines is 1. The Bertz CT molecular complexity index is 899. The summed E-state index contributed by atoms with van der Waals surface area (Å²) in [4.78, 5) is 23.7. The first-order valence-electron chi connectivity index (χ1n) is 7.43. The normalized spacial score (nSPS) is 10.6. The number of esters is 1. The fraction of sp³-hybridized carbons (Fsp3) is 0.105. The number of carbonyl (C=O) groups excluding carboxylic acids is 2. The van der Waals surface area contributed by atoms with Gasteiger partial charge in [0.1, 0.15) is 17.4 Å². The number of methoxy groups -OCH3 is 2. The van der Waals surface area contributed by atoms with E-state index < -0.39 is 11.9 Å². The standard InChI is InChI=1S/C19H15ClN2O4/c1-25-17-8-7-15(10-16(17)20)22-18(23)14(11-21)9-12-3-5-13(6-4-12)19(24)26-2/h3-10H,1-2H3,(H,22,23)/b14-9+. The number of nitrogens with one attached hydrogen (secondary N) is 1. The van der Waals surface area contributed by atoms with Crippen LogP contribution < -0.4 is 10.1 Å². The van der Waals surface area contributed by atoms with Gasteiger partial charge in [0.2, 0.25) is 0 Å². The summed E-state index contributed by atoms with van der Waals surface area (Å²) in [7, 11) is 2.78. The number of nitrogens with zero attached hydrogens (tertiary/aromatic N) is 1. The zero-order chi connectivity index (χ0) is 19.1. The van der Waals surface area contributed by atoms with Gasteiger partial charge in [0.05, 0.1) is 24.8 Å². The average molecular weight is 371 g/mol. The second kappa shape index (κ2) is 8.70. The Morgan fingerprint density at radius 3 is 2.38 bits per heavy atom. The van der Waals surface area contributed by atoms with E-state index >= 15 is 0 Å². The quantitative estimate of drug-likeness (QED) is 0.492. The summed E-state index contributed by atoms with van der Waals surface area (Å²) in [6.07, 6.45) is 1.42. The van der Waals surface area contributed by atoms with Crippen molar-refractivity contribution in [3.05, 3.63) is 64.2 Å². The molecule has 2 rings (SSSR count). The van der Waals surface area contributed by atoms with Crippen molar-refractivity contribution in [1.82, 2.24) is 0 Å². The number of hydrogen-bond acceptors (Lipinski definition) is 5. The predicted octanol–water partition coefficient (Wildman–Crippen LogP) is 3.68. The van der Waals surface area contributed by atoms with Crippen LogP contribution in [0.4, 0.5) is 5.69 Å². The SMILES string of the molecule is COC(=O)c1ccc(/C=C(\C#N)C(=O)Nc2ccc(OC)c(Cl)c2)cc1. The minimum Gasteiger partial charge on any atom is -0.495 e. The molecule has 0 aromatic heterocycles. The molecule has 0 spiro atoms. The van der Waals surface area contributed by atoms with Crippen LogP contribution in [0.1, 0.15) is 15.9 Å². The van der Waals surface area contributed by atoms with E-state index in [9.17, 15) is 14.9 Å². The van der Waals surface area contributed by atoms with Crippen LogP contribution in [-0.4, -0.2) is 26.1 Å². The Hall–Kier alpha value is -3.30. The number of nitriles is 1. The van der Waals surface area contributed by atoms with Crippen molar-refractivity contribution < 1.29 is 19.1 Å². The molecule has 0 aliphatic carbocycles. The minimum absolute atomic E-state index is 0.0947. The van der Waals surface area contributed by atoms with E-state index in [0.717, 1.165) is 0 Å². The lowest BCUT2D eigenvalue weighted by Gasteiger charge is -2.07. The molecule has 0 unspecified atom stereocenters. The molecule has 0 atom stereocenters. The molecule has 0 heterocycles. The van der Waals surface area contributed by atoms with Gasteiger partial charge in [-0.25, -0.2) is 4.79 Å². The third-order valence-corrected chi connectivity index (χ3v) is 3.71. The molecule has 7 heteroatoms. The molecule has 0 fully saturated rings. The van der Waals surface area contributed by atoms with E-state index in [4.69, 9.17) is 16.3 Å². The molecule has 0 radical (unpaired) electrons. The second-order valence-corrected chi connectivity index (χ2v) is 5.49. The highest BCUT2D eigenvalue weighted by Crippen LogP contribution is 2.27. The van der Waals surface area contributed by atoms with Crippen molar-refractivity contribution in [1.29, 1.82) is 5.26 Å². The van der Waals surface area contributed by atoms with Gasteiger partial charge >= 0.3 is 5.97 Å². The van der Waals surface area contributed by atoms with E-state index in [1.165, 1.54) is 26.4 Å². The molecular weight excluding hydrogens is 356 g/mol. The number of amides is 1. The van der Waals surface area contributed by atoms with Gasteiger partial charge in [0.25, 0.3) is 5.91 Å². The first kappa shape index (κ1) is 19.0. The van der Waals surface area contributed by atoms with Gasteiger partial charge < -0.3 is 14.8 Å². The molecule has 0 saturated heterocycles. The number of hydrogen-bond donors (Lipinski definition) is 1. The summed E-state index contributed by atoms with van der Waals surface area (Å²) < 4.78 is 9.66. The Balaban J connectivity index is 2.18. The predicted molar refractivity (Wildman–Crippen MR) is 98.0 cm³/mol. The van der Waals surface area contributed by atoms with Crippen molar-refractivity contribution in [3.63, 3.8) is 0 Å². The third kappa shape index (κ3) is 4.62. The van der Waals surface area contributed by atoms with E-state index in [2.05, 4.69) is 10.1 Å². The summed E-state index contributed by atoms with van der Waals surface area (Å²) >= 11 is 6.01. The molecule has 2 aromatic carbocycles. The smallest absolute Gasteiger partial charge is 0.337 e. The molecular formula is C19H15ClN2O4. The molecule has 0 bridgehead atoms.